The van der Waals surface area contributed by atoms with Crippen molar-refractivity contribution in [3.8, 4) is 23.7 Å². The second-order valence-corrected chi connectivity index (χ2v) is 5.88. The van der Waals surface area contributed by atoms with Gasteiger partial charge >= 0.3 is 0 Å². The van der Waals surface area contributed by atoms with E-state index in [0.717, 1.165) is 11.1 Å². The summed E-state index contributed by atoms with van der Waals surface area (Å²) in [6.07, 6.45) is 0.353. The summed E-state index contributed by atoms with van der Waals surface area (Å²) in [5.74, 6) is 11.6. The number of carbonyl (C=O) groups excluding carboxylic acids is 2. The highest BCUT2D eigenvalue weighted by molar-refractivity contribution is 6.05. The fourth-order valence-corrected chi connectivity index (χ4v) is 2.45. The Kier molecular flexibility index (Phi) is 6.33. The lowest BCUT2D eigenvalue weighted by Crippen LogP contribution is -2.36. The van der Waals surface area contributed by atoms with Crippen LogP contribution < -0.4 is 0 Å². The molecule has 0 aliphatic heterocycles. The third-order valence-electron chi connectivity index (χ3n) is 4.14. The molecule has 0 aromatic heterocycles. The molecular formula is C23H20O2. The van der Waals surface area contributed by atoms with Gasteiger partial charge in [0.1, 0.15) is 17.0 Å². The minimum atomic E-state index is -1.16. The van der Waals surface area contributed by atoms with Crippen LogP contribution in [0.2, 0.25) is 0 Å². The molecule has 0 aliphatic carbocycles. The number of rotatable bonds is 4. The monoisotopic (exact) mass is 328 g/mol. The summed E-state index contributed by atoms with van der Waals surface area (Å²) in [5, 5.41) is 0. The van der Waals surface area contributed by atoms with Crippen molar-refractivity contribution in [1.82, 2.24) is 0 Å². The van der Waals surface area contributed by atoms with Gasteiger partial charge in [0, 0.05) is 24.0 Å². The first-order chi connectivity index (χ1) is 12.0. The highest BCUT2D eigenvalue weighted by atomic mass is 16.2. The zero-order valence-electron chi connectivity index (χ0n) is 14.5. The average molecular weight is 328 g/mol. The molecule has 25 heavy (non-hydrogen) atoms. The van der Waals surface area contributed by atoms with Crippen molar-refractivity contribution in [1.29, 1.82) is 0 Å². The van der Waals surface area contributed by atoms with Gasteiger partial charge in [0.25, 0.3) is 0 Å². The molecule has 0 bridgehead atoms. The zero-order chi connectivity index (χ0) is 18.1. The third kappa shape index (κ3) is 4.93. The van der Waals surface area contributed by atoms with E-state index in [-0.39, 0.29) is 24.4 Å². The van der Waals surface area contributed by atoms with Crippen LogP contribution in [-0.4, -0.2) is 11.6 Å². The van der Waals surface area contributed by atoms with E-state index in [1.165, 1.54) is 13.8 Å². The molecule has 2 rings (SSSR count). The molecule has 124 valence electrons. The molecular weight excluding hydrogens is 308 g/mol. The normalized spacial score (nSPS) is 10.0. The van der Waals surface area contributed by atoms with Crippen LogP contribution in [-0.2, 0) is 9.59 Å². The lowest BCUT2D eigenvalue weighted by atomic mass is 9.75. The van der Waals surface area contributed by atoms with E-state index in [4.69, 9.17) is 0 Å². The lowest BCUT2D eigenvalue weighted by Gasteiger charge is -2.23. The number of Topliss-reactive ketones (excluding diaryl/α,β-unsaturated/α-hetero) is 2. The van der Waals surface area contributed by atoms with Crippen LogP contribution in [0, 0.1) is 29.1 Å². The summed E-state index contributed by atoms with van der Waals surface area (Å²) in [4.78, 5) is 24.5. The largest absolute Gasteiger partial charge is 0.299 e. The van der Waals surface area contributed by atoms with Gasteiger partial charge in [0.05, 0.1) is 0 Å². The lowest BCUT2D eigenvalue weighted by molar-refractivity contribution is -0.137. The van der Waals surface area contributed by atoms with E-state index in [0.29, 0.717) is 0 Å². The van der Waals surface area contributed by atoms with Crippen molar-refractivity contribution in [2.45, 2.75) is 26.7 Å². The Morgan fingerprint density at radius 3 is 1.40 bits per heavy atom. The zero-order valence-corrected chi connectivity index (χ0v) is 14.5. The molecule has 0 heterocycles. The second kappa shape index (κ2) is 8.67. The first-order valence-electron chi connectivity index (χ1n) is 8.14. The molecule has 0 fully saturated rings. The molecule has 2 nitrogen and oxygen atoms in total. The van der Waals surface area contributed by atoms with Crippen LogP contribution in [0.5, 0.6) is 0 Å². The van der Waals surface area contributed by atoms with E-state index in [1.54, 1.807) is 0 Å². The Hall–Kier alpha value is -3.10. The van der Waals surface area contributed by atoms with Crippen LogP contribution in [0.15, 0.2) is 60.7 Å². The van der Waals surface area contributed by atoms with E-state index < -0.39 is 5.41 Å². The van der Waals surface area contributed by atoms with Gasteiger partial charge in [0.15, 0.2) is 0 Å². The van der Waals surface area contributed by atoms with E-state index in [1.807, 2.05) is 60.7 Å². The molecule has 0 radical (unpaired) electrons. The number of carbonyl (C=O) groups is 2. The smallest absolute Gasteiger partial charge is 0.145 e. The second-order valence-electron chi connectivity index (χ2n) is 5.88. The molecule has 0 aliphatic rings. The molecule has 0 atom stereocenters. The summed E-state index contributed by atoms with van der Waals surface area (Å²) < 4.78 is 0. The minimum absolute atomic E-state index is 0.177. The van der Waals surface area contributed by atoms with Crippen molar-refractivity contribution in [3.63, 3.8) is 0 Å². The van der Waals surface area contributed by atoms with Crippen molar-refractivity contribution in [2.75, 3.05) is 0 Å². The predicted octanol–water partition coefficient (Wildman–Crippen LogP) is 4.03. The van der Waals surface area contributed by atoms with Crippen LogP contribution in [0.4, 0.5) is 0 Å². The van der Waals surface area contributed by atoms with Gasteiger partial charge < -0.3 is 0 Å². The molecule has 2 heteroatoms. The van der Waals surface area contributed by atoms with Crippen molar-refractivity contribution < 1.29 is 9.59 Å². The molecule has 0 N–H and O–H groups in total. The molecule has 2 aromatic carbocycles. The summed E-state index contributed by atoms with van der Waals surface area (Å²) in [5.41, 5.74) is 0.557. The maximum atomic E-state index is 12.2. The van der Waals surface area contributed by atoms with Crippen LogP contribution in [0.25, 0.3) is 0 Å². The van der Waals surface area contributed by atoms with Gasteiger partial charge in [0.2, 0.25) is 0 Å². The van der Waals surface area contributed by atoms with E-state index in [9.17, 15) is 9.59 Å². The molecule has 0 spiro atoms. The van der Waals surface area contributed by atoms with Gasteiger partial charge in [-0.25, -0.2) is 0 Å². The summed E-state index contributed by atoms with van der Waals surface area (Å²) in [6, 6.07) is 19.0. The molecule has 0 unspecified atom stereocenters. The number of hydrogen-bond donors (Lipinski definition) is 0. The van der Waals surface area contributed by atoms with Crippen LogP contribution in [0.1, 0.15) is 37.8 Å². The first kappa shape index (κ1) is 18.2. The van der Waals surface area contributed by atoms with Crippen molar-refractivity contribution >= 4 is 11.6 Å². The van der Waals surface area contributed by atoms with E-state index >= 15 is 0 Å². The number of hydrogen-bond acceptors (Lipinski definition) is 2. The van der Waals surface area contributed by atoms with E-state index in [2.05, 4.69) is 23.7 Å². The van der Waals surface area contributed by atoms with Gasteiger partial charge in [-0.1, -0.05) is 60.1 Å². The topological polar surface area (TPSA) is 34.1 Å². The van der Waals surface area contributed by atoms with Gasteiger partial charge in [-0.05, 0) is 38.1 Å². The van der Waals surface area contributed by atoms with Crippen molar-refractivity contribution in [3.05, 3.63) is 71.8 Å². The fraction of sp³-hybridized carbons (Fsp3) is 0.217. The minimum Gasteiger partial charge on any atom is -0.299 e. The third-order valence-corrected chi connectivity index (χ3v) is 4.14. The number of benzene rings is 2. The SMILES string of the molecule is CC(=O)C(CC#Cc1ccccc1)(CC#Cc1ccccc1)C(C)=O. The fourth-order valence-electron chi connectivity index (χ4n) is 2.45. The standard InChI is InChI=1S/C23H20O2/c1-19(24)23(20(2)25,17-9-15-21-11-5-3-6-12-21)18-10-16-22-13-7-4-8-14-22/h3-8,11-14H,17-18H2,1-2H3. The van der Waals surface area contributed by atoms with Gasteiger partial charge in [-0.2, -0.15) is 0 Å². The van der Waals surface area contributed by atoms with Crippen LogP contribution in [0.3, 0.4) is 0 Å². The molecule has 2 aromatic rings. The maximum Gasteiger partial charge on any atom is 0.145 e. The summed E-state index contributed by atoms with van der Waals surface area (Å²) in [6.45, 7) is 2.88. The van der Waals surface area contributed by atoms with Crippen molar-refractivity contribution in [2.24, 2.45) is 5.41 Å². The Labute approximate surface area is 149 Å². The Morgan fingerprint density at radius 2 is 1.08 bits per heavy atom. The van der Waals surface area contributed by atoms with Crippen LogP contribution >= 0.6 is 0 Å². The maximum absolute atomic E-state index is 12.2. The van der Waals surface area contributed by atoms with Gasteiger partial charge in [-0.15, -0.1) is 0 Å². The molecule has 0 saturated carbocycles. The van der Waals surface area contributed by atoms with Gasteiger partial charge in [-0.3, -0.25) is 9.59 Å². The predicted molar refractivity (Wildman–Crippen MR) is 99.7 cm³/mol. The highest BCUT2D eigenvalue weighted by Gasteiger charge is 2.39. The Balaban J connectivity index is 2.23. The quantitative estimate of drug-likeness (QED) is 0.627. The summed E-state index contributed by atoms with van der Waals surface area (Å²) in [7, 11) is 0. The Morgan fingerprint density at radius 1 is 0.720 bits per heavy atom. The highest BCUT2D eigenvalue weighted by Crippen LogP contribution is 2.28. The first-order valence-corrected chi connectivity index (χ1v) is 8.14. The average Bonchev–Trinajstić information content (AvgIpc) is 2.61. The summed E-state index contributed by atoms with van der Waals surface area (Å²) >= 11 is 0. The Bertz CT molecular complexity index is 781. The number of ketones is 2. The molecule has 0 saturated heterocycles. The molecule has 0 amide bonds.